The SMILES string of the molecule is CC(C)(C)OC(=O)NCc1cc2cc(CCOC(C)(C)C(C)(C)O)cc(Cl)c2o1. The topological polar surface area (TPSA) is 80.9 Å². The standard InChI is InChI=1S/C22H32ClNO5/c1-20(2,3)29-19(25)24-13-16-12-15-10-14(11-17(23)18(15)28-16)8-9-27-22(6,7)21(4,5)26/h10-12,26H,8-9,13H2,1-7H3,(H,24,25). The second-order valence-corrected chi connectivity index (χ2v) is 9.64. The maximum absolute atomic E-state index is 11.8. The Morgan fingerprint density at radius 3 is 2.38 bits per heavy atom. The Labute approximate surface area is 177 Å². The van der Waals surface area contributed by atoms with Crippen LogP contribution >= 0.6 is 11.6 Å². The second-order valence-electron chi connectivity index (χ2n) is 9.23. The van der Waals surface area contributed by atoms with Gasteiger partial charge in [-0.05, 0) is 78.6 Å². The van der Waals surface area contributed by atoms with Crippen molar-refractivity contribution in [2.24, 2.45) is 0 Å². The highest BCUT2D eigenvalue weighted by molar-refractivity contribution is 6.34. The first-order valence-corrected chi connectivity index (χ1v) is 10.1. The first-order valence-electron chi connectivity index (χ1n) is 9.72. The van der Waals surface area contributed by atoms with Crippen molar-refractivity contribution in [1.82, 2.24) is 5.32 Å². The van der Waals surface area contributed by atoms with Crippen molar-refractivity contribution in [2.45, 2.75) is 78.2 Å². The lowest BCUT2D eigenvalue weighted by atomic mass is 9.89. The molecular weight excluding hydrogens is 394 g/mol. The molecule has 2 N–H and O–H groups in total. The summed E-state index contributed by atoms with van der Waals surface area (Å²) in [6.07, 6.45) is 0.141. The van der Waals surface area contributed by atoms with Crippen LogP contribution < -0.4 is 5.32 Å². The number of hydrogen-bond acceptors (Lipinski definition) is 5. The number of halogens is 1. The van der Waals surface area contributed by atoms with Crippen LogP contribution in [0, 0.1) is 0 Å². The summed E-state index contributed by atoms with van der Waals surface area (Å²) in [5.74, 6) is 0.587. The molecule has 0 bridgehead atoms. The van der Waals surface area contributed by atoms with E-state index in [0.29, 0.717) is 29.4 Å². The summed E-state index contributed by atoms with van der Waals surface area (Å²) in [7, 11) is 0. The molecule has 0 saturated carbocycles. The maximum Gasteiger partial charge on any atom is 0.408 e. The fraction of sp³-hybridized carbons (Fsp3) is 0.591. The average molecular weight is 426 g/mol. The molecular formula is C22H32ClNO5. The van der Waals surface area contributed by atoms with Gasteiger partial charge in [0.05, 0.1) is 29.4 Å². The molecule has 7 heteroatoms. The highest BCUT2D eigenvalue weighted by atomic mass is 35.5. The van der Waals surface area contributed by atoms with Gasteiger partial charge in [-0.2, -0.15) is 0 Å². The third kappa shape index (κ3) is 6.63. The molecule has 0 saturated heterocycles. The summed E-state index contributed by atoms with van der Waals surface area (Å²) >= 11 is 6.38. The van der Waals surface area contributed by atoms with Crippen molar-refractivity contribution in [2.75, 3.05) is 6.61 Å². The van der Waals surface area contributed by atoms with E-state index in [-0.39, 0.29) is 6.54 Å². The number of nitrogens with one attached hydrogen (secondary N) is 1. The largest absolute Gasteiger partial charge is 0.458 e. The third-order valence-electron chi connectivity index (χ3n) is 4.81. The first kappa shape index (κ1) is 23.5. The Bertz CT molecular complexity index is 858. The quantitative estimate of drug-likeness (QED) is 0.635. The molecule has 1 heterocycles. The minimum absolute atomic E-state index is 0.206. The minimum atomic E-state index is -0.949. The molecule has 0 spiro atoms. The highest BCUT2D eigenvalue weighted by Crippen LogP contribution is 2.30. The van der Waals surface area contributed by atoms with Crippen molar-refractivity contribution >= 4 is 28.7 Å². The number of alkyl carbamates (subject to hydrolysis) is 1. The Hall–Kier alpha value is -1.76. The van der Waals surface area contributed by atoms with Crippen LogP contribution in [0.4, 0.5) is 4.79 Å². The van der Waals surface area contributed by atoms with Gasteiger partial charge in [0.2, 0.25) is 0 Å². The molecule has 0 radical (unpaired) electrons. The maximum atomic E-state index is 11.8. The monoisotopic (exact) mass is 425 g/mol. The van der Waals surface area contributed by atoms with Gasteiger partial charge in [0, 0.05) is 5.39 Å². The van der Waals surface area contributed by atoms with Crippen molar-refractivity contribution < 1.29 is 23.8 Å². The number of furan rings is 1. The molecule has 2 aromatic rings. The predicted molar refractivity (Wildman–Crippen MR) is 114 cm³/mol. The fourth-order valence-corrected chi connectivity index (χ4v) is 2.82. The smallest absolute Gasteiger partial charge is 0.408 e. The van der Waals surface area contributed by atoms with E-state index in [0.717, 1.165) is 10.9 Å². The van der Waals surface area contributed by atoms with Crippen molar-refractivity contribution in [1.29, 1.82) is 0 Å². The Balaban J connectivity index is 2.03. The molecule has 6 nitrogen and oxygen atoms in total. The van der Waals surface area contributed by atoms with Gasteiger partial charge in [-0.1, -0.05) is 11.6 Å². The predicted octanol–water partition coefficient (Wildman–Crippen LogP) is 5.22. The number of fused-ring (bicyclic) bond motifs is 1. The molecule has 1 aromatic carbocycles. The normalized spacial score (nSPS) is 13.0. The Morgan fingerprint density at radius 2 is 1.79 bits per heavy atom. The van der Waals surface area contributed by atoms with Crippen LogP contribution in [0.3, 0.4) is 0 Å². The van der Waals surface area contributed by atoms with Gasteiger partial charge in [0.25, 0.3) is 0 Å². The zero-order valence-corrected chi connectivity index (χ0v) is 19.1. The summed E-state index contributed by atoms with van der Waals surface area (Å²) < 4.78 is 16.9. The van der Waals surface area contributed by atoms with Crippen molar-refractivity contribution in [3.05, 3.63) is 34.5 Å². The van der Waals surface area contributed by atoms with Gasteiger partial charge in [0.1, 0.15) is 11.4 Å². The molecule has 0 aliphatic rings. The van der Waals surface area contributed by atoms with Gasteiger partial charge >= 0.3 is 6.09 Å². The molecule has 0 aliphatic heterocycles. The van der Waals surface area contributed by atoms with Crippen LogP contribution in [-0.2, 0) is 22.4 Å². The van der Waals surface area contributed by atoms with Gasteiger partial charge in [-0.3, -0.25) is 0 Å². The first-order chi connectivity index (χ1) is 13.2. The van der Waals surface area contributed by atoms with Crippen LogP contribution in [0.15, 0.2) is 22.6 Å². The zero-order chi connectivity index (χ0) is 22.0. The Kier molecular flexibility index (Phi) is 6.93. The summed E-state index contributed by atoms with van der Waals surface area (Å²) in [5, 5.41) is 14.2. The van der Waals surface area contributed by atoms with E-state index in [4.69, 9.17) is 25.5 Å². The molecule has 1 aromatic heterocycles. The number of benzene rings is 1. The summed E-state index contributed by atoms with van der Waals surface area (Å²) in [6, 6.07) is 5.69. The average Bonchev–Trinajstić information content (AvgIpc) is 2.94. The van der Waals surface area contributed by atoms with Crippen molar-refractivity contribution in [3.8, 4) is 0 Å². The number of aliphatic hydroxyl groups is 1. The molecule has 162 valence electrons. The van der Waals surface area contributed by atoms with Gasteiger partial charge in [-0.25, -0.2) is 4.79 Å². The van der Waals surface area contributed by atoms with Crippen LogP contribution in [0.2, 0.25) is 5.02 Å². The van der Waals surface area contributed by atoms with Crippen LogP contribution in [0.5, 0.6) is 0 Å². The number of rotatable bonds is 7. The number of hydrogen-bond donors (Lipinski definition) is 2. The van der Waals surface area contributed by atoms with Crippen LogP contribution in [-0.4, -0.2) is 34.6 Å². The summed E-state index contributed by atoms with van der Waals surface area (Å²) in [4.78, 5) is 11.8. The van der Waals surface area contributed by atoms with E-state index in [1.54, 1.807) is 34.6 Å². The number of carbonyl (C=O) groups is 1. The summed E-state index contributed by atoms with van der Waals surface area (Å²) in [6.45, 7) is 13.3. The van der Waals surface area contributed by atoms with Crippen molar-refractivity contribution in [3.63, 3.8) is 0 Å². The zero-order valence-electron chi connectivity index (χ0n) is 18.3. The lowest BCUT2D eigenvalue weighted by molar-refractivity contribution is -0.146. The third-order valence-corrected chi connectivity index (χ3v) is 5.10. The molecule has 0 aliphatic carbocycles. The van der Waals surface area contributed by atoms with Crippen LogP contribution in [0.25, 0.3) is 11.0 Å². The second kappa shape index (κ2) is 8.54. The van der Waals surface area contributed by atoms with Gasteiger partial charge in [0.15, 0.2) is 5.58 Å². The van der Waals surface area contributed by atoms with E-state index in [1.807, 2.05) is 32.0 Å². The van der Waals surface area contributed by atoms with Gasteiger partial charge < -0.3 is 24.3 Å². The number of carbonyl (C=O) groups excluding carboxylic acids is 1. The molecule has 0 unspecified atom stereocenters. The fourth-order valence-electron chi connectivity index (χ4n) is 2.53. The van der Waals surface area contributed by atoms with Crippen LogP contribution in [0.1, 0.15) is 59.8 Å². The molecule has 1 amide bonds. The molecule has 2 rings (SSSR count). The summed E-state index contributed by atoms with van der Waals surface area (Å²) in [5.41, 5.74) is -0.597. The minimum Gasteiger partial charge on any atom is -0.458 e. The van der Waals surface area contributed by atoms with E-state index < -0.39 is 22.9 Å². The van der Waals surface area contributed by atoms with E-state index in [1.165, 1.54) is 0 Å². The molecule has 0 atom stereocenters. The molecule has 29 heavy (non-hydrogen) atoms. The number of ether oxygens (including phenoxy) is 2. The van der Waals surface area contributed by atoms with E-state index >= 15 is 0 Å². The molecule has 0 fully saturated rings. The Morgan fingerprint density at radius 1 is 1.14 bits per heavy atom. The lowest BCUT2D eigenvalue weighted by Crippen LogP contribution is -2.47. The lowest BCUT2D eigenvalue weighted by Gasteiger charge is -2.37. The highest BCUT2D eigenvalue weighted by Gasteiger charge is 2.35. The number of amides is 1. The van der Waals surface area contributed by atoms with Gasteiger partial charge in [-0.15, -0.1) is 0 Å². The van der Waals surface area contributed by atoms with E-state index in [2.05, 4.69) is 5.32 Å². The van der Waals surface area contributed by atoms with E-state index in [9.17, 15) is 9.90 Å².